The molecule has 4 heterocycles. The van der Waals surface area contributed by atoms with Crippen molar-refractivity contribution >= 4 is 22.2 Å². The highest BCUT2D eigenvalue weighted by atomic mass is 16.3. The third-order valence-electron chi connectivity index (χ3n) is 5.55. The number of rotatable bonds is 2. The topological polar surface area (TPSA) is 87.7 Å². The van der Waals surface area contributed by atoms with Crippen LogP contribution >= 0.6 is 0 Å². The predicted octanol–water partition coefficient (Wildman–Crippen LogP) is 1.67. The minimum Gasteiger partial charge on any atom is -0.507 e. The molecule has 1 aliphatic rings. The Kier molecular flexibility index (Phi) is 4.02. The molecule has 3 aromatic heterocycles. The lowest BCUT2D eigenvalue weighted by Crippen LogP contribution is -2.45. The average molecular weight is 390 g/mol. The van der Waals surface area contributed by atoms with Gasteiger partial charge in [-0.2, -0.15) is 5.10 Å². The molecule has 0 unspecified atom stereocenters. The molecule has 0 bridgehead atoms. The highest BCUT2D eigenvalue weighted by Gasteiger charge is 2.17. The summed E-state index contributed by atoms with van der Waals surface area (Å²) in [5.41, 5.74) is 3.89. The minimum absolute atomic E-state index is 0.0773. The van der Waals surface area contributed by atoms with E-state index in [2.05, 4.69) is 20.3 Å². The van der Waals surface area contributed by atoms with Gasteiger partial charge < -0.3 is 15.3 Å². The first kappa shape index (κ1) is 17.7. The number of pyridine rings is 1. The summed E-state index contributed by atoms with van der Waals surface area (Å²) in [6.45, 7) is 5.21. The summed E-state index contributed by atoms with van der Waals surface area (Å²) in [7, 11) is 1.85. The quantitative estimate of drug-likeness (QED) is 0.541. The van der Waals surface area contributed by atoms with Crippen molar-refractivity contribution in [2.75, 3.05) is 31.1 Å². The monoisotopic (exact) mass is 390 g/mol. The number of phenolic OH excluding ortho intramolecular Hbond substituents is 1. The van der Waals surface area contributed by atoms with Crippen molar-refractivity contribution in [1.82, 2.24) is 24.5 Å². The van der Waals surface area contributed by atoms with Crippen molar-refractivity contribution in [3.05, 3.63) is 52.6 Å². The fourth-order valence-corrected chi connectivity index (χ4v) is 4.01. The number of hydrogen-bond acceptors (Lipinski definition) is 6. The summed E-state index contributed by atoms with van der Waals surface area (Å²) in [6, 6.07) is 7.35. The van der Waals surface area contributed by atoms with E-state index in [1.807, 2.05) is 38.4 Å². The van der Waals surface area contributed by atoms with E-state index in [4.69, 9.17) is 0 Å². The molecule has 1 saturated heterocycles. The first-order valence-corrected chi connectivity index (χ1v) is 9.67. The molecule has 148 valence electrons. The van der Waals surface area contributed by atoms with Gasteiger partial charge in [-0.3, -0.25) is 13.9 Å². The van der Waals surface area contributed by atoms with Crippen LogP contribution in [0.3, 0.4) is 0 Å². The van der Waals surface area contributed by atoms with E-state index in [1.54, 1.807) is 21.3 Å². The van der Waals surface area contributed by atoms with E-state index >= 15 is 0 Å². The van der Waals surface area contributed by atoms with E-state index in [-0.39, 0.29) is 11.3 Å². The number of aromatic hydroxyl groups is 1. The van der Waals surface area contributed by atoms with Crippen LogP contribution in [0.25, 0.3) is 27.8 Å². The van der Waals surface area contributed by atoms with Gasteiger partial charge >= 0.3 is 0 Å². The van der Waals surface area contributed by atoms with Crippen molar-refractivity contribution < 1.29 is 5.11 Å². The van der Waals surface area contributed by atoms with Gasteiger partial charge in [0.1, 0.15) is 17.1 Å². The Morgan fingerprint density at radius 1 is 1.17 bits per heavy atom. The van der Waals surface area contributed by atoms with Gasteiger partial charge in [0.2, 0.25) is 0 Å². The Morgan fingerprint density at radius 2 is 1.97 bits per heavy atom. The maximum Gasteiger partial charge on any atom is 0.279 e. The first-order valence-electron chi connectivity index (χ1n) is 9.67. The molecule has 8 heteroatoms. The van der Waals surface area contributed by atoms with Gasteiger partial charge in [0.25, 0.3) is 5.56 Å². The zero-order valence-corrected chi connectivity index (χ0v) is 16.4. The maximum absolute atomic E-state index is 13.0. The molecular weight excluding hydrogens is 368 g/mol. The highest BCUT2D eigenvalue weighted by Crippen LogP contribution is 2.36. The largest absolute Gasteiger partial charge is 0.507 e. The smallest absolute Gasteiger partial charge is 0.279 e. The summed E-state index contributed by atoms with van der Waals surface area (Å²) in [6.07, 6.45) is 3.64. The third-order valence-corrected chi connectivity index (χ3v) is 5.55. The lowest BCUT2D eigenvalue weighted by atomic mass is 10.0. The van der Waals surface area contributed by atoms with Gasteiger partial charge in [-0.1, -0.05) is 0 Å². The molecule has 0 radical (unpaired) electrons. The van der Waals surface area contributed by atoms with Crippen LogP contribution in [0, 0.1) is 6.92 Å². The SMILES string of the molecule is Cc1c(O)c(-c2ccn3c(=O)c(N4CCNCC4)ccc3n2)cc2cn(C)nc12. The fraction of sp³-hybridized carbons (Fsp3) is 0.286. The molecule has 1 fully saturated rings. The Bertz CT molecular complexity index is 1300. The molecule has 0 aliphatic carbocycles. The van der Waals surface area contributed by atoms with Crippen molar-refractivity contribution in [1.29, 1.82) is 0 Å². The number of hydrogen-bond donors (Lipinski definition) is 2. The number of nitrogens with one attached hydrogen (secondary N) is 1. The Morgan fingerprint density at radius 3 is 2.76 bits per heavy atom. The third kappa shape index (κ3) is 2.84. The lowest BCUT2D eigenvalue weighted by Gasteiger charge is -2.28. The van der Waals surface area contributed by atoms with Crippen LogP contribution in [0.1, 0.15) is 5.56 Å². The van der Waals surface area contributed by atoms with Crippen molar-refractivity contribution in [2.45, 2.75) is 6.92 Å². The van der Waals surface area contributed by atoms with Gasteiger partial charge in [-0.25, -0.2) is 4.98 Å². The van der Waals surface area contributed by atoms with Crippen LogP contribution in [-0.2, 0) is 7.05 Å². The zero-order valence-electron chi connectivity index (χ0n) is 16.4. The Balaban J connectivity index is 1.63. The number of benzene rings is 1. The van der Waals surface area contributed by atoms with E-state index in [0.29, 0.717) is 28.2 Å². The minimum atomic E-state index is -0.0773. The number of piperazine rings is 1. The number of fused-ring (bicyclic) bond motifs is 2. The summed E-state index contributed by atoms with van der Waals surface area (Å²) in [4.78, 5) is 19.7. The van der Waals surface area contributed by atoms with Crippen LogP contribution in [0.2, 0.25) is 0 Å². The second-order valence-electron chi connectivity index (χ2n) is 7.44. The summed E-state index contributed by atoms with van der Waals surface area (Å²) >= 11 is 0. The predicted molar refractivity (Wildman–Crippen MR) is 113 cm³/mol. The van der Waals surface area contributed by atoms with E-state index in [0.717, 1.165) is 37.1 Å². The maximum atomic E-state index is 13.0. The number of phenols is 1. The van der Waals surface area contributed by atoms with Gasteiger partial charge in [0.05, 0.1) is 11.2 Å². The van der Waals surface area contributed by atoms with Crippen molar-refractivity contribution in [3.8, 4) is 17.0 Å². The molecule has 8 nitrogen and oxygen atoms in total. The number of aromatic nitrogens is 4. The molecule has 4 aromatic rings. The second kappa shape index (κ2) is 6.59. The van der Waals surface area contributed by atoms with Crippen molar-refractivity contribution in [3.63, 3.8) is 0 Å². The van der Waals surface area contributed by atoms with Crippen LogP contribution < -0.4 is 15.8 Å². The molecule has 0 spiro atoms. The fourth-order valence-electron chi connectivity index (χ4n) is 4.01. The lowest BCUT2D eigenvalue weighted by molar-refractivity contribution is 0.474. The summed E-state index contributed by atoms with van der Waals surface area (Å²) in [5.74, 6) is 0.160. The molecular formula is C21H22N6O2. The van der Waals surface area contributed by atoms with E-state index in [9.17, 15) is 9.90 Å². The molecule has 29 heavy (non-hydrogen) atoms. The number of nitrogens with zero attached hydrogens (tertiary/aromatic N) is 5. The average Bonchev–Trinajstić information content (AvgIpc) is 3.12. The zero-order chi connectivity index (χ0) is 20.1. The summed E-state index contributed by atoms with van der Waals surface area (Å²) < 4.78 is 3.29. The molecule has 0 amide bonds. The summed E-state index contributed by atoms with van der Waals surface area (Å²) in [5, 5.41) is 19.4. The van der Waals surface area contributed by atoms with Crippen LogP contribution in [0.15, 0.2) is 41.5 Å². The highest BCUT2D eigenvalue weighted by molar-refractivity contribution is 5.90. The molecule has 5 rings (SSSR count). The number of aryl methyl sites for hydroxylation is 2. The standard InChI is InChI=1S/C21H22N6O2/c1-13-19-14(12-25(2)24-19)11-15(20(13)28)16-5-8-27-18(23-16)4-3-17(21(27)29)26-9-6-22-7-10-26/h3-5,8,11-12,22,28H,6-7,9-10H2,1-2H3. The first-order chi connectivity index (χ1) is 14.0. The Hall–Kier alpha value is -3.39. The Labute approximate surface area is 167 Å². The molecule has 0 atom stereocenters. The second-order valence-corrected chi connectivity index (χ2v) is 7.44. The van der Waals surface area contributed by atoms with E-state index < -0.39 is 0 Å². The number of anilines is 1. The van der Waals surface area contributed by atoms with Crippen molar-refractivity contribution in [2.24, 2.45) is 7.05 Å². The van der Waals surface area contributed by atoms with Crippen LogP contribution in [0.5, 0.6) is 5.75 Å². The van der Waals surface area contributed by atoms with E-state index in [1.165, 1.54) is 0 Å². The van der Waals surface area contributed by atoms with Gasteiger partial charge in [-0.15, -0.1) is 0 Å². The van der Waals surface area contributed by atoms with Gasteiger partial charge in [0, 0.05) is 62.1 Å². The molecule has 2 N–H and O–H groups in total. The molecule has 1 aliphatic heterocycles. The van der Waals surface area contributed by atoms with Gasteiger partial charge in [-0.05, 0) is 31.2 Å². The normalized spacial score (nSPS) is 14.8. The molecule has 0 saturated carbocycles. The van der Waals surface area contributed by atoms with Gasteiger partial charge in [0.15, 0.2) is 0 Å². The van der Waals surface area contributed by atoms with Crippen LogP contribution in [-0.4, -0.2) is 50.5 Å². The van der Waals surface area contributed by atoms with Crippen LogP contribution in [0.4, 0.5) is 5.69 Å². The molecule has 1 aromatic carbocycles.